The fourth-order valence-corrected chi connectivity index (χ4v) is 0.603. The molecule has 0 saturated carbocycles. The van der Waals surface area contributed by atoms with E-state index in [9.17, 15) is 9.59 Å². The molecular weight excluding hydrogens is 160 g/mol. The maximum absolute atomic E-state index is 11.0. The summed E-state index contributed by atoms with van der Waals surface area (Å²) in [6.45, 7) is 1.97. The summed E-state index contributed by atoms with van der Waals surface area (Å²) in [4.78, 5) is 21.1. The third-order valence-electron chi connectivity index (χ3n) is 1.03. The second-order valence-corrected chi connectivity index (χ2v) is 1.87. The molecule has 0 aromatic heterocycles. The molecule has 68 valence electrons. The van der Waals surface area contributed by atoms with E-state index in [4.69, 9.17) is 0 Å². The predicted molar refractivity (Wildman–Crippen MR) is 43.8 cm³/mol. The van der Waals surface area contributed by atoms with Gasteiger partial charge in [-0.2, -0.15) is 5.10 Å². The zero-order valence-electron chi connectivity index (χ0n) is 7.16. The van der Waals surface area contributed by atoms with Crippen molar-refractivity contribution >= 4 is 18.0 Å². The summed E-state index contributed by atoms with van der Waals surface area (Å²) in [6, 6.07) is 0. The summed E-state index contributed by atoms with van der Waals surface area (Å²) in [5.41, 5.74) is 2.51. The first-order chi connectivity index (χ1) is 5.76. The molecule has 5 heteroatoms. The highest BCUT2D eigenvalue weighted by Gasteiger charge is 2.11. The van der Waals surface area contributed by atoms with E-state index < -0.39 is 5.97 Å². The van der Waals surface area contributed by atoms with Crippen molar-refractivity contribution in [2.75, 3.05) is 13.7 Å². The smallest absolute Gasteiger partial charge is 0.354 e. The Labute approximate surface area is 70.8 Å². The molecule has 0 rings (SSSR count). The lowest BCUT2D eigenvalue weighted by Crippen LogP contribution is -2.20. The molecule has 0 amide bonds. The van der Waals surface area contributed by atoms with Crippen LogP contribution >= 0.6 is 0 Å². The minimum absolute atomic E-state index is 0.0281. The van der Waals surface area contributed by atoms with Crippen molar-refractivity contribution in [2.24, 2.45) is 5.10 Å². The molecule has 0 spiro atoms. The number of esters is 1. The van der Waals surface area contributed by atoms with Crippen LogP contribution in [0.5, 0.6) is 0 Å². The molecule has 0 aliphatic heterocycles. The van der Waals surface area contributed by atoms with Crippen LogP contribution in [-0.2, 0) is 14.3 Å². The number of hydrogen-bond donors (Lipinski definition) is 1. The molecule has 0 heterocycles. The Morgan fingerprint density at radius 3 is 2.75 bits per heavy atom. The predicted octanol–water partition coefficient (Wildman–Crippen LogP) is -0.286. The average Bonchev–Trinajstić information content (AvgIpc) is 2.04. The summed E-state index contributed by atoms with van der Waals surface area (Å²) in [5, 5.41) is 3.59. The standard InChI is InChI=1S/C7H12N2O3/c1-3-12-7(11)6(4-5-10)9-8-2/h5,8H,3-4H2,1-2H3. The third-order valence-corrected chi connectivity index (χ3v) is 1.03. The number of nitrogens with one attached hydrogen (secondary N) is 1. The summed E-state index contributed by atoms with van der Waals surface area (Å²) in [5.74, 6) is -0.557. The molecule has 0 saturated heterocycles. The number of aldehydes is 1. The molecule has 0 bridgehead atoms. The zero-order chi connectivity index (χ0) is 9.40. The fraction of sp³-hybridized carbons (Fsp3) is 0.571. The van der Waals surface area contributed by atoms with E-state index in [-0.39, 0.29) is 18.7 Å². The van der Waals surface area contributed by atoms with Gasteiger partial charge in [-0.15, -0.1) is 0 Å². The topological polar surface area (TPSA) is 67.8 Å². The van der Waals surface area contributed by atoms with Crippen molar-refractivity contribution < 1.29 is 14.3 Å². The summed E-state index contributed by atoms with van der Waals surface area (Å²) in [7, 11) is 1.55. The van der Waals surface area contributed by atoms with Gasteiger partial charge < -0.3 is 15.0 Å². The first kappa shape index (κ1) is 10.6. The Morgan fingerprint density at radius 2 is 2.33 bits per heavy atom. The molecular formula is C7H12N2O3. The Morgan fingerprint density at radius 1 is 1.67 bits per heavy atom. The number of hydrogen-bond acceptors (Lipinski definition) is 5. The van der Waals surface area contributed by atoms with Gasteiger partial charge in [-0.3, -0.25) is 0 Å². The van der Waals surface area contributed by atoms with Crippen LogP contribution in [0.3, 0.4) is 0 Å². The van der Waals surface area contributed by atoms with Gasteiger partial charge in [-0.05, 0) is 6.92 Å². The number of carbonyl (C=O) groups is 2. The molecule has 0 aliphatic carbocycles. The maximum Gasteiger partial charge on any atom is 0.354 e. The number of ether oxygens (including phenoxy) is 1. The van der Waals surface area contributed by atoms with Gasteiger partial charge in [0.15, 0.2) is 5.71 Å². The van der Waals surface area contributed by atoms with E-state index >= 15 is 0 Å². The molecule has 0 radical (unpaired) electrons. The first-order valence-electron chi connectivity index (χ1n) is 3.60. The third kappa shape index (κ3) is 3.70. The molecule has 0 aliphatic rings. The number of hydrazone groups is 1. The van der Waals surface area contributed by atoms with Crippen molar-refractivity contribution in [3.8, 4) is 0 Å². The largest absolute Gasteiger partial charge is 0.461 e. The molecule has 0 aromatic carbocycles. The first-order valence-corrected chi connectivity index (χ1v) is 3.60. The van der Waals surface area contributed by atoms with E-state index in [1.165, 1.54) is 0 Å². The number of rotatable bonds is 5. The van der Waals surface area contributed by atoms with Crippen LogP contribution in [0, 0.1) is 0 Å². The van der Waals surface area contributed by atoms with Crippen LogP contribution in [0.15, 0.2) is 5.10 Å². The van der Waals surface area contributed by atoms with Gasteiger partial charge in [0.05, 0.1) is 13.0 Å². The van der Waals surface area contributed by atoms with E-state index in [1.54, 1.807) is 14.0 Å². The van der Waals surface area contributed by atoms with E-state index in [0.29, 0.717) is 6.29 Å². The highest BCUT2D eigenvalue weighted by Crippen LogP contribution is 1.88. The van der Waals surface area contributed by atoms with Crippen LogP contribution < -0.4 is 5.43 Å². The molecule has 1 N–H and O–H groups in total. The lowest BCUT2D eigenvalue weighted by Gasteiger charge is -2.01. The summed E-state index contributed by atoms with van der Waals surface area (Å²) < 4.78 is 4.64. The van der Waals surface area contributed by atoms with Crippen molar-refractivity contribution in [3.63, 3.8) is 0 Å². The quantitative estimate of drug-likeness (QED) is 0.268. The van der Waals surface area contributed by atoms with Gasteiger partial charge in [-0.1, -0.05) is 0 Å². The van der Waals surface area contributed by atoms with E-state index in [0.717, 1.165) is 0 Å². The van der Waals surface area contributed by atoms with Crippen molar-refractivity contribution in [1.29, 1.82) is 0 Å². The highest BCUT2D eigenvalue weighted by atomic mass is 16.5. The molecule has 5 nitrogen and oxygen atoms in total. The van der Waals surface area contributed by atoms with Gasteiger partial charge in [0.25, 0.3) is 0 Å². The molecule has 0 atom stereocenters. The molecule has 12 heavy (non-hydrogen) atoms. The van der Waals surface area contributed by atoms with Crippen LogP contribution in [-0.4, -0.2) is 31.6 Å². The second kappa shape index (κ2) is 6.33. The lowest BCUT2D eigenvalue weighted by atomic mass is 10.3. The normalized spacial score (nSPS) is 10.7. The fourth-order valence-electron chi connectivity index (χ4n) is 0.603. The van der Waals surface area contributed by atoms with Gasteiger partial charge in [0.2, 0.25) is 0 Å². The van der Waals surface area contributed by atoms with Crippen LogP contribution in [0.2, 0.25) is 0 Å². The monoisotopic (exact) mass is 172 g/mol. The van der Waals surface area contributed by atoms with Crippen molar-refractivity contribution in [1.82, 2.24) is 5.43 Å². The number of nitrogens with zero attached hydrogens (tertiary/aromatic N) is 1. The van der Waals surface area contributed by atoms with Crippen LogP contribution in [0.25, 0.3) is 0 Å². The van der Waals surface area contributed by atoms with E-state index in [1.807, 2.05) is 0 Å². The Bertz CT molecular complexity index is 189. The highest BCUT2D eigenvalue weighted by molar-refractivity contribution is 6.38. The second-order valence-electron chi connectivity index (χ2n) is 1.87. The van der Waals surface area contributed by atoms with Gasteiger partial charge >= 0.3 is 5.97 Å². The molecule has 0 unspecified atom stereocenters. The van der Waals surface area contributed by atoms with Crippen LogP contribution in [0.1, 0.15) is 13.3 Å². The van der Waals surface area contributed by atoms with Gasteiger partial charge in [0, 0.05) is 7.05 Å². The Hall–Kier alpha value is -1.39. The minimum atomic E-state index is -0.557. The van der Waals surface area contributed by atoms with Crippen molar-refractivity contribution in [3.05, 3.63) is 0 Å². The van der Waals surface area contributed by atoms with E-state index in [2.05, 4.69) is 15.3 Å². The van der Waals surface area contributed by atoms with Gasteiger partial charge in [-0.25, -0.2) is 4.79 Å². The van der Waals surface area contributed by atoms with Gasteiger partial charge in [0.1, 0.15) is 6.29 Å². The minimum Gasteiger partial charge on any atom is -0.461 e. The Balaban J connectivity index is 4.18. The molecule has 0 aromatic rings. The zero-order valence-corrected chi connectivity index (χ0v) is 7.16. The summed E-state index contributed by atoms with van der Waals surface area (Å²) >= 11 is 0. The van der Waals surface area contributed by atoms with Crippen molar-refractivity contribution in [2.45, 2.75) is 13.3 Å². The summed E-state index contributed by atoms with van der Waals surface area (Å²) in [6.07, 6.45) is 0.576. The Kier molecular flexibility index (Phi) is 5.60. The van der Waals surface area contributed by atoms with Crippen LogP contribution in [0.4, 0.5) is 0 Å². The molecule has 0 fully saturated rings. The maximum atomic E-state index is 11.0. The SMILES string of the molecule is CCOC(=O)C(CC=O)=NNC. The number of carbonyl (C=O) groups excluding carboxylic acids is 2. The average molecular weight is 172 g/mol. The lowest BCUT2D eigenvalue weighted by molar-refractivity contribution is -0.135.